The van der Waals surface area contributed by atoms with Crippen molar-refractivity contribution in [2.24, 2.45) is 5.73 Å². The van der Waals surface area contributed by atoms with Crippen LogP contribution in [0.3, 0.4) is 0 Å². The van der Waals surface area contributed by atoms with Gasteiger partial charge < -0.3 is 20.5 Å². The Balaban J connectivity index is 1.70. The van der Waals surface area contributed by atoms with E-state index in [9.17, 15) is 4.79 Å². The van der Waals surface area contributed by atoms with Crippen LogP contribution in [0, 0.1) is 0 Å². The number of methoxy groups -OCH3 is 1. The number of amides is 1. The molecule has 5 nitrogen and oxygen atoms in total. The number of carbonyl (C=O) groups is 1. The van der Waals surface area contributed by atoms with Crippen molar-refractivity contribution < 1.29 is 14.3 Å². The van der Waals surface area contributed by atoms with Crippen LogP contribution < -0.4 is 15.8 Å². The Morgan fingerprint density at radius 3 is 2.71 bits per heavy atom. The number of hydrogen-bond donors (Lipinski definition) is 2. The van der Waals surface area contributed by atoms with Crippen molar-refractivity contribution in [2.75, 3.05) is 20.3 Å². The first kappa shape index (κ1) is 15.8. The Morgan fingerprint density at radius 2 is 2.00 bits per heavy atom. The lowest BCUT2D eigenvalue weighted by atomic mass is 9.94. The minimum Gasteiger partial charge on any atom is -0.496 e. The molecule has 0 radical (unpaired) electrons. The highest BCUT2D eigenvalue weighted by Gasteiger charge is 2.18. The molecule has 0 saturated heterocycles. The summed E-state index contributed by atoms with van der Waals surface area (Å²) in [6.45, 7) is 1.03. The van der Waals surface area contributed by atoms with Gasteiger partial charge in [0.1, 0.15) is 5.75 Å². The van der Waals surface area contributed by atoms with Gasteiger partial charge in [0.15, 0.2) is 0 Å². The molecule has 3 N–H and O–H groups in total. The van der Waals surface area contributed by atoms with Crippen LogP contribution in [0.4, 0.5) is 0 Å². The summed E-state index contributed by atoms with van der Waals surface area (Å²) in [5.41, 5.74) is 6.40. The molecule has 1 aliphatic rings. The second-order valence-electron chi connectivity index (χ2n) is 5.36. The van der Waals surface area contributed by atoms with Gasteiger partial charge in [0.25, 0.3) is 5.91 Å². The van der Waals surface area contributed by atoms with Crippen molar-refractivity contribution in [3.05, 3.63) is 29.8 Å². The average molecular weight is 292 g/mol. The summed E-state index contributed by atoms with van der Waals surface area (Å²) in [6.07, 6.45) is 4.37. The number of nitrogens with one attached hydrogen (secondary N) is 1. The molecule has 1 saturated carbocycles. The molecule has 5 heteroatoms. The van der Waals surface area contributed by atoms with Crippen LogP contribution in [-0.2, 0) is 4.74 Å². The van der Waals surface area contributed by atoms with Crippen LogP contribution in [0.2, 0.25) is 0 Å². The molecule has 0 aliphatic heterocycles. The molecule has 1 aromatic rings. The van der Waals surface area contributed by atoms with E-state index < -0.39 is 0 Å². The normalized spacial score (nSPS) is 21.8. The molecule has 1 aliphatic carbocycles. The average Bonchev–Trinajstić information content (AvgIpc) is 2.53. The van der Waals surface area contributed by atoms with E-state index in [1.165, 1.54) is 0 Å². The molecular formula is C16H24N2O3. The summed E-state index contributed by atoms with van der Waals surface area (Å²) in [5, 5.41) is 2.85. The van der Waals surface area contributed by atoms with Crippen LogP contribution in [0.5, 0.6) is 5.75 Å². The Morgan fingerprint density at radius 1 is 1.29 bits per heavy atom. The molecule has 0 bridgehead atoms. The van der Waals surface area contributed by atoms with Gasteiger partial charge in [-0.2, -0.15) is 0 Å². The van der Waals surface area contributed by atoms with Crippen LogP contribution >= 0.6 is 0 Å². The molecule has 0 spiro atoms. The van der Waals surface area contributed by atoms with Gasteiger partial charge >= 0.3 is 0 Å². The van der Waals surface area contributed by atoms with Gasteiger partial charge in [-0.05, 0) is 37.8 Å². The molecule has 0 atom stereocenters. The van der Waals surface area contributed by atoms with Gasteiger partial charge in [0.05, 0.1) is 25.4 Å². The van der Waals surface area contributed by atoms with E-state index in [1.807, 2.05) is 12.1 Å². The van der Waals surface area contributed by atoms with E-state index in [-0.39, 0.29) is 12.0 Å². The number of carbonyl (C=O) groups excluding carboxylic acids is 1. The van der Waals surface area contributed by atoms with E-state index in [4.69, 9.17) is 15.2 Å². The lowest BCUT2D eigenvalue weighted by Crippen LogP contribution is -2.33. The van der Waals surface area contributed by atoms with Gasteiger partial charge in [-0.15, -0.1) is 0 Å². The van der Waals surface area contributed by atoms with Gasteiger partial charge in [0.2, 0.25) is 0 Å². The third-order valence-electron chi connectivity index (χ3n) is 3.81. The maximum absolute atomic E-state index is 12.1. The Kier molecular flexibility index (Phi) is 6.02. The van der Waals surface area contributed by atoms with E-state index in [0.29, 0.717) is 30.5 Å². The third-order valence-corrected chi connectivity index (χ3v) is 3.81. The summed E-state index contributed by atoms with van der Waals surface area (Å²) in [7, 11) is 1.56. The summed E-state index contributed by atoms with van der Waals surface area (Å²) in [5.74, 6) is 0.443. The van der Waals surface area contributed by atoms with Crippen LogP contribution in [0.25, 0.3) is 0 Å². The monoisotopic (exact) mass is 292 g/mol. The molecule has 2 rings (SSSR count). The first-order valence-electron chi connectivity index (χ1n) is 7.49. The lowest BCUT2D eigenvalue weighted by Gasteiger charge is -2.26. The summed E-state index contributed by atoms with van der Waals surface area (Å²) < 4.78 is 10.9. The second kappa shape index (κ2) is 8.00. The maximum Gasteiger partial charge on any atom is 0.255 e. The molecule has 1 fully saturated rings. The predicted octanol–water partition coefficient (Wildman–Crippen LogP) is 1.71. The smallest absolute Gasteiger partial charge is 0.255 e. The van der Waals surface area contributed by atoms with Crippen molar-refractivity contribution in [1.82, 2.24) is 5.32 Å². The molecule has 116 valence electrons. The van der Waals surface area contributed by atoms with E-state index in [0.717, 1.165) is 25.7 Å². The number of benzene rings is 1. The Hall–Kier alpha value is -1.59. The molecule has 21 heavy (non-hydrogen) atoms. The number of para-hydroxylation sites is 1. The highest BCUT2D eigenvalue weighted by Crippen LogP contribution is 2.19. The molecule has 1 amide bonds. The van der Waals surface area contributed by atoms with Crippen molar-refractivity contribution in [1.29, 1.82) is 0 Å². The molecule has 0 unspecified atom stereocenters. The first-order chi connectivity index (χ1) is 10.2. The minimum atomic E-state index is -0.137. The van der Waals surface area contributed by atoms with Gasteiger partial charge in [-0.1, -0.05) is 12.1 Å². The molecule has 1 aromatic carbocycles. The van der Waals surface area contributed by atoms with Gasteiger partial charge in [-0.25, -0.2) is 0 Å². The van der Waals surface area contributed by atoms with Crippen LogP contribution in [0.15, 0.2) is 24.3 Å². The van der Waals surface area contributed by atoms with E-state index in [1.54, 1.807) is 19.2 Å². The van der Waals surface area contributed by atoms with Crippen LogP contribution in [-0.4, -0.2) is 38.3 Å². The van der Waals surface area contributed by atoms with Crippen molar-refractivity contribution in [2.45, 2.75) is 37.8 Å². The van der Waals surface area contributed by atoms with Crippen LogP contribution in [0.1, 0.15) is 36.0 Å². The quantitative estimate of drug-likeness (QED) is 0.783. The lowest BCUT2D eigenvalue weighted by molar-refractivity contribution is 0.0267. The molecular weight excluding hydrogens is 268 g/mol. The molecule has 0 heterocycles. The first-order valence-corrected chi connectivity index (χ1v) is 7.49. The standard InChI is InChI=1S/C16H24N2O3/c1-20-15-5-3-2-4-14(15)16(19)18-10-11-21-13-8-6-12(17)7-9-13/h2-5,12-13H,6-11,17H2,1H3,(H,18,19). The topological polar surface area (TPSA) is 73.6 Å². The van der Waals surface area contributed by atoms with E-state index >= 15 is 0 Å². The zero-order chi connectivity index (χ0) is 15.1. The number of nitrogens with two attached hydrogens (primary N) is 1. The Labute approximate surface area is 125 Å². The van der Waals surface area contributed by atoms with Gasteiger partial charge in [-0.3, -0.25) is 4.79 Å². The fourth-order valence-corrected chi connectivity index (χ4v) is 2.57. The third kappa shape index (κ3) is 4.72. The number of hydrogen-bond acceptors (Lipinski definition) is 4. The van der Waals surface area contributed by atoms with Crippen molar-refractivity contribution in [3.63, 3.8) is 0 Å². The fourth-order valence-electron chi connectivity index (χ4n) is 2.57. The fraction of sp³-hybridized carbons (Fsp3) is 0.562. The van der Waals surface area contributed by atoms with E-state index in [2.05, 4.69) is 5.32 Å². The zero-order valence-electron chi connectivity index (χ0n) is 12.5. The van der Waals surface area contributed by atoms with Gasteiger partial charge in [0, 0.05) is 12.6 Å². The SMILES string of the molecule is COc1ccccc1C(=O)NCCOC1CCC(N)CC1. The largest absolute Gasteiger partial charge is 0.496 e. The second-order valence-corrected chi connectivity index (χ2v) is 5.36. The highest BCUT2D eigenvalue weighted by molar-refractivity contribution is 5.96. The van der Waals surface area contributed by atoms with Crippen molar-refractivity contribution in [3.8, 4) is 5.75 Å². The molecule has 0 aromatic heterocycles. The van der Waals surface area contributed by atoms with Crippen molar-refractivity contribution >= 4 is 5.91 Å². The summed E-state index contributed by atoms with van der Waals surface area (Å²) in [6, 6.07) is 7.51. The highest BCUT2D eigenvalue weighted by atomic mass is 16.5. The number of ether oxygens (including phenoxy) is 2. The number of rotatable bonds is 6. The Bertz CT molecular complexity index is 457. The maximum atomic E-state index is 12.1. The summed E-state index contributed by atoms with van der Waals surface area (Å²) in [4.78, 5) is 12.1. The zero-order valence-corrected chi connectivity index (χ0v) is 12.5. The summed E-state index contributed by atoms with van der Waals surface area (Å²) >= 11 is 0. The predicted molar refractivity (Wildman–Crippen MR) is 81.5 cm³/mol. The minimum absolute atomic E-state index is 0.137.